The minimum atomic E-state index is -3.42. The third-order valence-corrected chi connectivity index (χ3v) is 7.50. The van der Waals surface area contributed by atoms with E-state index in [1.807, 2.05) is 0 Å². The lowest BCUT2D eigenvalue weighted by Gasteiger charge is -2.47. The summed E-state index contributed by atoms with van der Waals surface area (Å²) in [7, 11) is -1.25. The van der Waals surface area contributed by atoms with Crippen molar-refractivity contribution in [3.63, 3.8) is 0 Å². The lowest BCUT2D eigenvalue weighted by molar-refractivity contribution is 0.0536. The van der Waals surface area contributed by atoms with Crippen molar-refractivity contribution in [3.05, 3.63) is 11.4 Å². The number of hydrogen-bond donors (Lipinski definition) is 2. The van der Waals surface area contributed by atoms with Crippen molar-refractivity contribution in [2.75, 3.05) is 12.8 Å². The lowest BCUT2D eigenvalue weighted by Crippen LogP contribution is -2.55. The zero-order valence-corrected chi connectivity index (χ0v) is 13.2. The largest absolute Gasteiger partial charge is 0.398 e. The van der Waals surface area contributed by atoms with Crippen molar-refractivity contribution in [3.8, 4) is 0 Å². The average molecular weight is 315 g/mol. The summed E-state index contributed by atoms with van der Waals surface area (Å²) in [6, 6.07) is 2.62. The molecule has 1 aromatic heterocycles. The number of nitrogens with two attached hydrogens (primary N) is 1. The molecule has 2 aliphatic rings. The molecule has 2 unspecified atom stereocenters. The summed E-state index contributed by atoms with van der Waals surface area (Å²) in [6.07, 6.45) is 5.44. The molecule has 1 aromatic rings. The van der Waals surface area contributed by atoms with E-state index in [2.05, 4.69) is 16.7 Å². The molecule has 2 saturated heterocycles. The number of piperidine rings is 2. The van der Waals surface area contributed by atoms with Crippen LogP contribution in [0.15, 0.2) is 15.7 Å². The maximum Gasteiger partial charge on any atom is 0.250 e. The van der Waals surface area contributed by atoms with E-state index in [0.29, 0.717) is 22.0 Å². The second-order valence-electron chi connectivity index (χ2n) is 5.89. The van der Waals surface area contributed by atoms with Crippen LogP contribution in [0.5, 0.6) is 0 Å². The van der Waals surface area contributed by atoms with E-state index >= 15 is 0 Å². The quantitative estimate of drug-likeness (QED) is 0.889. The minimum Gasteiger partial charge on any atom is -0.398 e. The molecule has 3 N–H and O–H groups in total. The van der Waals surface area contributed by atoms with Crippen molar-refractivity contribution < 1.29 is 8.42 Å². The van der Waals surface area contributed by atoms with E-state index in [1.54, 1.807) is 5.38 Å². The van der Waals surface area contributed by atoms with Gasteiger partial charge in [-0.2, -0.15) is 0 Å². The van der Waals surface area contributed by atoms with E-state index in [1.165, 1.54) is 36.7 Å². The molecule has 5 nitrogen and oxygen atoms in total. The number of thiophene rings is 1. The summed E-state index contributed by atoms with van der Waals surface area (Å²) < 4.78 is 27.9. The van der Waals surface area contributed by atoms with Gasteiger partial charge >= 0.3 is 0 Å². The summed E-state index contributed by atoms with van der Waals surface area (Å²) in [5, 5.41) is 1.66. The number of nitrogen functional groups attached to an aromatic ring is 1. The van der Waals surface area contributed by atoms with Crippen molar-refractivity contribution in [1.82, 2.24) is 9.62 Å². The maximum absolute atomic E-state index is 12.3. The van der Waals surface area contributed by atoms with Gasteiger partial charge in [0.1, 0.15) is 4.21 Å². The summed E-state index contributed by atoms with van der Waals surface area (Å²) in [4.78, 5) is 2.43. The highest BCUT2D eigenvalue weighted by Gasteiger charge is 2.37. The smallest absolute Gasteiger partial charge is 0.250 e. The van der Waals surface area contributed by atoms with Gasteiger partial charge in [0.05, 0.1) is 0 Å². The topological polar surface area (TPSA) is 75.4 Å². The van der Waals surface area contributed by atoms with Gasteiger partial charge in [-0.25, -0.2) is 13.1 Å². The van der Waals surface area contributed by atoms with Crippen LogP contribution in [0.1, 0.15) is 32.1 Å². The molecule has 0 amide bonds. The van der Waals surface area contributed by atoms with Gasteiger partial charge < -0.3 is 10.6 Å². The van der Waals surface area contributed by atoms with Gasteiger partial charge in [0.2, 0.25) is 10.0 Å². The van der Waals surface area contributed by atoms with Gasteiger partial charge in [0.25, 0.3) is 0 Å². The van der Waals surface area contributed by atoms with Crippen LogP contribution in [0.4, 0.5) is 5.69 Å². The molecule has 0 spiro atoms. The first-order valence-corrected chi connectivity index (χ1v) is 9.40. The Kier molecular flexibility index (Phi) is 3.79. The van der Waals surface area contributed by atoms with Crippen LogP contribution < -0.4 is 10.5 Å². The van der Waals surface area contributed by atoms with Crippen LogP contribution in [0.25, 0.3) is 0 Å². The van der Waals surface area contributed by atoms with Crippen molar-refractivity contribution >= 4 is 27.0 Å². The Morgan fingerprint density at radius 2 is 2.00 bits per heavy atom. The van der Waals surface area contributed by atoms with Crippen molar-refractivity contribution in [2.45, 2.75) is 54.4 Å². The Balaban J connectivity index is 1.72. The Hall–Kier alpha value is -0.630. The second kappa shape index (κ2) is 5.29. The lowest BCUT2D eigenvalue weighted by atomic mass is 9.83. The van der Waals surface area contributed by atoms with Gasteiger partial charge in [-0.15, -0.1) is 11.3 Å². The first-order valence-electron chi connectivity index (χ1n) is 7.04. The fourth-order valence-electron chi connectivity index (χ4n) is 3.46. The highest BCUT2D eigenvalue weighted by molar-refractivity contribution is 7.91. The number of anilines is 1. The van der Waals surface area contributed by atoms with Gasteiger partial charge in [0, 0.05) is 29.2 Å². The van der Waals surface area contributed by atoms with Crippen LogP contribution in [0, 0.1) is 0 Å². The fraction of sp³-hybridized carbons (Fsp3) is 0.692. The highest BCUT2D eigenvalue weighted by atomic mass is 32.2. The summed E-state index contributed by atoms with van der Waals surface area (Å²) >= 11 is 1.18. The van der Waals surface area contributed by atoms with Crippen molar-refractivity contribution in [1.29, 1.82) is 0 Å². The number of fused-ring (bicyclic) bond motifs is 2. The van der Waals surface area contributed by atoms with Gasteiger partial charge in [0.15, 0.2) is 0 Å². The molecule has 2 aliphatic heterocycles. The first-order chi connectivity index (χ1) is 9.45. The van der Waals surface area contributed by atoms with Gasteiger partial charge in [-0.1, -0.05) is 6.42 Å². The second-order valence-corrected chi connectivity index (χ2v) is 8.74. The third-order valence-electron chi connectivity index (χ3n) is 4.52. The molecule has 20 heavy (non-hydrogen) atoms. The van der Waals surface area contributed by atoms with Crippen molar-refractivity contribution in [2.24, 2.45) is 0 Å². The Bertz CT molecular complexity index is 570. The molecule has 2 bridgehead atoms. The van der Waals surface area contributed by atoms with E-state index in [9.17, 15) is 8.42 Å². The summed E-state index contributed by atoms with van der Waals surface area (Å²) in [5.74, 6) is 0. The fourth-order valence-corrected chi connectivity index (χ4v) is 5.82. The highest BCUT2D eigenvalue weighted by Crippen LogP contribution is 2.33. The first kappa shape index (κ1) is 14.3. The maximum atomic E-state index is 12.3. The van der Waals surface area contributed by atoms with Gasteiger partial charge in [-0.3, -0.25) is 0 Å². The predicted molar refractivity (Wildman–Crippen MR) is 81.3 cm³/mol. The zero-order valence-electron chi connectivity index (χ0n) is 11.6. The standard InChI is InChI=1S/C13H21N3O2S2/c1-16-11-3-2-4-12(16)7-10(6-11)15-20(17,18)13-5-9(14)8-19-13/h5,8,10-12,15H,2-4,6-7,14H2,1H3. The molecule has 3 rings (SSSR count). The van der Waals surface area contributed by atoms with E-state index in [-0.39, 0.29) is 6.04 Å². The summed E-state index contributed by atoms with van der Waals surface area (Å²) in [6.45, 7) is 0. The number of hydrogen-bond acceptors (Lipinski definition) is 5. The predicted octanol–water partition coefficient (Wildman–Crippen LogP) is 1.62. The molecule has 112 valence electrons. The molecule has 3 heterocycles. The number of nitrogens with one attached hydrogen (secondary N) is 1. The van der Waals surface area contributed by atoms with Crippen LogP contribution in [-0.4, -0.2) is 38.5 Å². The van der Waals surface area contributed by atoms with Crippen LogP contribution in [0.3, 0.4) is 0 Å². The monoisotopic (exact) mass is 315 g/mol. The van der Waals surface area contributed by atoms with E-state index < -0.39 is 10.0 Å². The number of rotatable bonds is 3. The van der Waals surface area contributed by atoms with Crippen LogP contribution >= 0.6 is 11.3 Å². The molecule has 0 aliphatic carbocycles. The minimum absolute atomic E-state index is 0.0508. The Morgan fingerprint density at radius 3 is 2.55 bits per heavy atom. The molecule has 2 atom stereocenters. The number of sulfonamides is 1. The van der Waals surface area contributed by atoms with Crippen LogP contribution in [-0.2, 0) is 10.0 Å². The molecule has 7 heteroatoms. The van der Waals surface area contributed by atoms with E-state index in [0.717, 1.165) is 12.8 Å². The van der Waals surface area contributed by atoms with Crippen LogP contribution in [0.2, 0.25) is 0 Å². The SMILES string of the molecule is CN1C2CCCC1CC(NS(=O)(=O)c1cc(N)cs1)C2. The Morgan fingerprint density at radius 1 is 1.35 bits per heavy atom. The Labute approximate surface area is 124 Å². The normalized spacial score (nSPS) is 31.4. The van der Waals surface area contributed by atoms with Gasteiger partial charge in [-0.05, 0) is 38.8 Å². The molecule has 0 radical (unpaired) electrons. The molecule has 2 fully saturated rings. The molecular weight excluding hydrogens is 294 g/mol. The molecule has 0 saturated carbocycles. The molecular formula is C13H21N3O2S2. The van der Waals surface area contributed by atoms with E-state index in [4.69, 9.17) is 5.73 Å². The number of nitrogens with zero attached hydrogens (tertiary/aromatic N) is 1. The summed E-state index contributed by atoms with van der Waals surface area (Å²) in [5.41, 5.74) is 6.12. The third kappa shape index (κ3) is 2.72. The zero-order chi connectivity index (χ0) is 14.3. The molecule has 0 aromatic carbocycles. The average Bonchev–Trinajstić information content (AvgIpc) is 2.78.